The Balaban J connectivity index is 1.07. The lowest BCUT2D eigenvalue weighted by Crippen LogP contribution is -2.28. The van der Waals surface area contributed by atoms with Crippen LogP contribution in [0.3, 0.4) is 0 Å². The fraction of sp³-hybridized carbons (Fsp3) is 0.156. The second-order valence-electron chi connectivity index (χ2n) is 14.1. The van der Waals surface area contributed by atoms with Gasteiger partial charge in [-0.15, -0.1) is 34.0 Å². The minimum absolute atomic E-state index is 0.0656. The summed E-state index contributed by atoms with van der Waals surface area (Å²) in [7, 11) is 0. The minimum atomic E-state index is -0.170. The average molecular weight is 749 g/mol. The number of carbonyl (C=O) groups excluding carboxylic acids is 2. The van der Waals surface area contributed by atoms with Crippen LogP contribution in [0.1, 0.15) is 85.7 Å². The van der Waals surface area contributed by atoms with Gasteiger partial charge in [0.15, 0.2) is 11.6 Å². The molecule has 0 atom stereocenters. The number of fused-ring (bicyclic) bond motifs is 10. The maximum atomic E-state index is 13.7. The topological polar surface area (TPSA) is 90.4 Å². The van der Waals surface area contributed by atoms with Crippen LogP contribution >= 0.6 is 34.0 Å². The average Bonchev–Trinajstić information content (AvgIpc) is 4.05. The highest BCUT2D eigenvalue weighted by atomic mass is 32.1. The molecule has 1 saturated carbocycles. The number of hydrogen-bond donors (Lipinski definition) is 0. The van der Waals surface area contributed by atoms with Gasteiger partial charge in [0.05, 0.1) is 39.4 Å². The summed E-state index contributed by atoms with van der Waals surface area (Å²) in [5.41, 5.74) is 8.89. The number of rotatable bonds is 2. The summed E-state index contributed by atoms with van der Waals surface area (Å²) in [6.07, 6.45) is 12.4. The zero-order chi connectivity index (χ0) is 36.9. The molecule has 0 unspecified atom stereocenters. The zero-order valence-electron chi connectivity index (χ0n) is 28.5. The summed E-state index contributed by atoms with van der Waals surface area (Å²) in [5.74, 6) is -0.319. The highest BCUT2D eigenvalue weighted by Gasteiger charge is 2.49. The van der Waals surface area contributed by atoms with Gasteiger partial charge >= 0.3 is 0 Å². The monoisotopic (exact) mass is 748 g/mol. The Morgan fingerprint density at radius 3 is 1.93 bits per heavy atom. The number of hydrogen-bond acceptors (Lipinski definition) is 7. The summed E-state index contributed by atoms with van der Waals surface area (Å²) in [6, 6.07) is 20.6. The molecule has 3 aromatic heterocycles. The predicted molar refractivity (Wildman–Crippen MR) is 215 cm³/mol. The summed E-state index contributed by atoms with van der Waals surface area (Å²) >= 11 is 5.31. The maximum Gasteiger partial charge on any atom is 0.270 e. The van der Waals surface area contributed by atoms with Crippen LogP contribution in [-0.4, -0.2) is 11.6 Å². The number of nitriles is 2. The van der Waals surface area contributed by atoms with E-state index in [1.807, 2.05) is 71.2 Å². The van der Waals surface area contributed by atoms with Crippen LogP contribution in [0.2, 0.25) is 0 Å². The molecule has 0 aliphatic heterocycles. The van der Waals surface area contributed by atoms with Gasteiger partial charge in [0.25, 0.3) is 11.4 Å². The van der Waals surface area contributed by atoms with Crippen molar-refractivity contribution < 1.29 is 9.59 Å². The maximum absolute atomic E-state index is 13.7. The molecule has 0 bridgehead atoms. The lowest BCUT2D eigenvalue weighted by molar-refractivity contribution is 0.103. The Morgan fingerprint density at radius 2 is 1.33 bits per heavy atom. The van der Waals surface area contributed by atoms with E-state index in [0.717, 1.165) is 36.1 Å². The van der Waals surface area contributed by atoms with Crippen molar-refractivity contribution in [1.29, 1.82) is 10.5 Å². The van der Waals surface area contributed by atoms with Gasteiger partial charge in [-0.3, -0.25) is 9.59 Å². The van der Waals surface area contributed by atoms with Crippen molar-refractivity contribution in [3.63, 3.8) is 0 Å². The van der Waals surface area contributed by atoms with Gasteiger partial charge in [0.2, 0.25) is 0 Å². The molecular formula is C45H24N4O2S3. The van der Waals surface area contributed by atoms with Gasteiger partial charge in [-0.05, 0) is 70.9 Å². The third-order valence-corrected chi connectivity index (χ3v) is 15.4. The Hall–Kier alpha value is -6.20. The lowest BCUT2D eigenvalue weighted by Gasteiger charge is -2.36. The molecule has 6 nitrogen and oxygen atoms in total. The molecule has 1 spiro atoms. The van der Waals surface area contributed by atoms with Crippen molar-refractivity contribution in [2.45, 2.75) is 43.9 Å². The summed E-state index contributed by atoms with van der Waals surface area (Å²) < 4.78 is 4.96. The van der Waals surface area contributed by atoms with Crippen LogP contribution in [0.15, 0.2) is 100 Å². The molecule has 0 amide bonds. The molecule has 1 fully saturated rings. The predicted octanol–water partition coefficient (Wildman–Crippen LogP) is 11.9. The van der Waals surface area contributed by atoms with E-state index >= 15 is 0 Å². The molecule has 3 heterocycles. The quantitative estimate of drug-likeness (QED) is 0.102. The molecule has 2 aromatic carbocycles. The van der Waals surface area contributed by atoms with Gasteiger partial charge in [-0.25, -0.2) is 20.2 Å². The Labute approximate surface area is 322 Å². The zero-order valence-corrected chi connectivity index (χ0v) is 31.0. The number of thiophene rings is 3. The smallest absolute Gasteiger partial charge is 0.270 e. The first-order valence-corrected chi connectivity index (χ1v) is 20.1. The molecule has 54 heavy (non-hydrogen) atoms. The molecular weight excluding hydrogens is 725 g/mol. The van der Waals surface area contributed by atoms with Gasteiger partial charge in [-0.2, -0.15) is 0 Å². The van der Waals surface area contributed by atoms with Gasteiger partial charge in [-0.1, -0.05) is 73.9 Å². The molecule has 9 heteroatoms. The fourth-order valence-corrected chi connectivity index (χ4v) is 13.7. The number of nitrogens with zero attached hydrogens (tertiary/aromatic N) is 4. The van der Waals surface area contributed by atoms with Crippen molar-refractivity contribution in [2.24, 2.45) is 0 Å². The molecule has 10 rings (SSSR count). The van der Waals surface area contributed by atoms with E-state index in [4.69, 9.17) is 13.1 Å². The normalized spacial score (nSPS) is 21.2. The van der Waals surface area contributed by atoms with Gasteiger partial charge in [0, 0.05) is 53.3 Å². The van der Waals surface area contributed by atoms with Crippen molar-refractivity contribution in [1.82, 2.24) is 0 Å². The minimum Gasteiger partial charge on any atom is -0.289 e. The number of ketones is 2. The fourth-order valence-electron chi connectivity index (χ4n) is 9.26. The van der Waals surface area contributed by atoms with Crippen LogP contribution in [0.4, 0.5) is 0 Å². The van der Waals surface area contributed by atoms with Crippen molar-refractivity contribution >= 4 is 87.2 Å². The van der Waals surface area contributed by atoms with Crippen molar-refractivity contribution in [2.75, 3.05) is 0 Å². The first kappa shape index (κ1) is 32.5. The summed E-state index contributed by atoms with van der Waals surface area (Å²) in [4.78, 5) is 36.6. The van der Waals surface area contributed by atoms with E-state index < -0.39 is 0 Å². The lowest BCUT2D eigenvalue weighted by atomic mass is 9.67. The van der Waals surface area contributed by atoms with E-state index in [1.165, 1.54) is 46.8 Å². The third kappa shape index (κ3) is 4.32. The van der Waals surface area contributed by atoms with E-state index in [2.05, 4.69) is 21.8 Å². The second kappa shape index (κ2) is 11.9. The molecule has 0 N–H and O–H groups in total. The van der Waals surface area contributed by atoms with E-state index in [0.29, 0.717) is 51.0 Å². The van der Waals surface area contributed by atoms with Crippen LogP contribution < -0.4 is 0 Å². The Bertz CT molecular complexity index is 2990. The third-order valence-electron chi connectivity index (χ3n) is 11.4. The number of benzene rings is 2. The largest absolute Gasteiger partial charge is 0.289 e. The summed E-state index contributed by atoms with van der Waals surface area (Å²) in [5, 5.41) is 19.7. The van der Waals surface area contributed by atoms with E-state index in [9.17, 15) is 20.1 Å². The molecule has 5 aliphatic carbocycles. The SMILES string of the molecule is [C-]#[N+]/C(C#N)=C1\C(=C/c2cc3sc4c5c(sc4c3s2)C2=C(C=C(/C=C3\C(=O)c4ccccc4\C3=C(\C#N)[N+]#[C-])C2)C52CCCCC2)C(=O)c2ccccc21. The first-order valence-electron chi connectivity index (χ1n) is 17.6. The second-order valence-corrected chi connectivity index (χ2v) is 17.3. The molecule has 0 saturated heterocycles. The van der Waals surface area contributed by atoms with E-state index in [1.54, 1.807) is 35.6 Å². The van der Waals surface area contributed by atoms with Crippen LogP contribution in [0.25, 0.3) is 51.3 Å². The van der Waals surface area contributed by atoms with Crippen LogP contribution in [0, 0.1) is 35.8 Å². The standard InChI is InChI=1S/C45H24N4O2S3/c1-48-33(21-46)36-25-10-4-6-12-27(25)39(50)30(36)17-23-16-29-32(18-23)45(14-8-3-9-15-45)38-41(29)54-44-42-35(53-43(38)44)20-24(52-42)19-31-37(34(22-47)49-2)26-11-5-7-13-28(26)40(31)51/h4-7,10-13,17-20H,3,8-9,14-16H2/b30-17-,31-19+,36-33+,37-34-. The molecule has 5 aromatic rings. The number of Topliss-reactive ketones (excluding diaryl/α,β-unsaturated/α-hetero) is 2. The van der Waals surface area contributed by atoms with E-state index in [-0.39, 0.29) is 28.4 Å². The summed E-state index contributed by atoms with van der Waals surface area (Å²) in [6.45, 7) is 15.3. The van der Waals surface area contributed by atoms with Gasteiger partial charge in [0.1, 0.15) is 0 Å². The first-order chi connectivity index (χ1) is 26.4. The Kier molecular flexibility index (Phi) is 7.16. The van der Waals surface area contributed by atoms with Crippen molar-refractivity contribution in [3.05, 3.63) is 161 Å². The van der Waals surface area contributed by atoms with Gasteiger partial charge < -0.3 is 0 Å². The van der Waals surface area contributed by atoms with Crippen LogP contribution in [0.5, 0.6) is 0 Å². The molecule has 0 radical (unpaired) electrons. The van der Waals surface area contributed by atoms with Crippen LogP contribution in [-0.2, 0) is 5.41 Å². The number of carbonyl (C=O) groups is 2. The Morgan fingerprint density at radius 1 is 0.741 bits per heavy atom. The highest BCUT2D eigenvalue weighted by molar-refractivity contribution is 7.39. The molecule has 254 valence electrons. The molecule has 5 aliphatic rings. The van der Waals surface area contributed by atoms with Crippen molar-refractivity contribution in [3.8, 4) is 12.1 Å². The highest BCUT2D eigenvalue weighted by Crippen LogP contribution is 2.64. The number of allylic oxidation sites excluding steroid dienone is 11.